The maximum absolute atomic E-state index is 12.7. The van der Waals surface area contributed by atoms with Crippen molar-refractivity contribution in [1.82, 2.24) is 0 Å². The molecule has 7 heteroatoms. The van der Waals surface area contributed by atoms with Crippen molar-refractivity contribution in [1.29, 1.82) is 0 Å². The Balaban J connectivity index is 2.01. The molecular formula is C14H15NO4S2. The molecule has 1 aromatic heterocycles. The number of hydrogen-bond acceptors (Lipinski definition) is 5. The summed E-state index contributed by atoms with van der Waals surface area (Å²) in [6.45, 7) is 3.14. The van der Waals surface area contributed by atoms with Gasteiger partial charge in [0.1, 0.15) is 17.4 Å². The summed E-state index contributed by atoms with van der Waals surface area (Å²) < 4.78 is 38.0. The summed E-state index contributed by atoms with van der Waals surface area (Å²) in [5.41, 5.74) is 0.579. The summed E-state index contributed by atoms with van der Waals surface area (Å²) in [7, 11) is -3.53. The van der Waals surface area contributed by atoms with Crippen LogP contribution in [-0.4, -0.2) is 28.2 Å². The molecule has 0 spiro atoms. The zero-order chi connectivity index (χ0) is 14.9. The van der Waals surface area contributed by atoms with Crippen molar-refractivity contribution in [3.63, 3.8) is 0 Å². The van der Waals surface area contributed by atoms with E-state index >= 15 is 0 Å². The molecule has 21 heavy (non-hydrogen) atoms. The van der Waals surface area contributed by atoms with E-state index in [9.17, 15) is 8.42 Å². The Morgan fingerprint density at radius 3 is 2.62 bits per heavy atom. The van der Waals surface area contributed by atoms with E-state index in [0.717, 1.165) is 0 Å². The summed E-state index contributed by atoms with van der Waals surface area (Å²) in [4.78, 5) is 0. The van der Waals surface area contributed by atoms with Gasteiger partial charge < -0.3 is 9.47 Å². The first-order valence-electron chi connectivity index (χ1n) is 6.59. The van der Waals surface area contributed by atoms with Crippen LogP contribution in [0.1, 0.15) is 6.92 Å². The Morgan fingerprint density at radius 2 is 1.95 bits per heavy atom. The molecule has 0 amide bonds. The second kappa shape index (κ2) is 5.57. The first kappa shape index (κ1) is 14.2. The summed E-state index contributed by atoms with van der Waals surface area (Å²) in [5.74, 6) is 1.23. The Labute approximate surface area is 127 Å². The number of nitrogens with zero attached hydrogens (tertiary/aromatic N) is 1. The minimum absolute atomic E-state index is 0.333. The zero-order valence-electron chi connectivity index (χ0n) is 11.5. The van der Waals surface area contributed by atoms with Gasteiger partial charge in [-0.3, -0.25) is 4.31 Å². The standard InChI is InChI=1S/C14H15NO4S2/c1-2-15(21(16,17)14-4-3-9-20-14)11-5-6-12-13(10-11)19-8-7-18-12/h3-6,9-10H,2,7-8H2,1H3. The topological polar surface area (TPSA) is 55.8 Å². The number of anilines is 1. The van der Waals surface area contributed by atoms with Crippen LogP contribution >= 0.6 is 11.3 Å². The van der Waals surface area contributed by atoms with Crippen LogP contribution < -0.4 is 13.8 Å². The third-order valence-electron chi connectivity index (χ3n) is 3.14. The second-order valence-electron chi connectivity index (χ2n) is 4.43. The molecule has 0 N–H and O–H groups in total. The average Bonchev–Trinajstić information content (AvgIpc) is 3.02. The van der Waals surface area contributed by atoms with Crippen LogP contribution in [0.2, 0.25) is 0 Å². The molecule has 0 saturated carbocycles. The predicted octanol–water partition coefficient (Wildman–Crippen LogP) is 2.73. The number of benzene rings is 1. The second-order valence-corrected chi connectivity index (χ2v) is 7.47. The lowest BCUT2D eigenvalue weighted by atomic mass is 10.2. The molecule has 1 aliphatic heterocycles. The van der Waals surface area contributed by atoms with Gasteiger partial charge in [0.15, 0.2) is 11.5 Å². The molecule has 1 aliphatic rings. The van der Waals surface area contributed by atoms with Crippen LogP contribution in [-0.2, 0) is 10.0 Å². The fourth-order valence-electron chi connectivity index (χ4n) is 2.20. The summed E-state index contributed by atoms with van der Waals surface area (Å²) in [6, 6.07) is 8.54. The number of fused-ring (bicyclic) bond motifs is 1. The Morgan fingerprint density at radius 1 is 1.19 bits per heavy atom. The number of rotatable bonds is 4. The monoisotopic (exact) mass is 325 g/mol. The minimum Gasteiger partial charge on any atom is -0.486 e. The summed E-state index contributed by atoms with van der Waals surface area (Å²) in [6.07, 6.45) is 0. The van der Waals surface area contributed by atoms with Crippen molar-refractivity contribution in [2.24, 2.45) is 0 Å². The Bertz CT molecular complexity index is 725. The third-order valence-corrected chi connectivity index (χ3v) is 6.42. The average molecular weight is 325 g/mol. The first-order valence-corrected chi connectivity index (χ1v) is 8.91. The van der Waals surface area contributed by atoms with E-state index in [2.05, 4.69) is 0 Å². The molecule has 0 saturated heterocycles. The summed E-state index contributed by atoms with van der Waals surface area (Å²) in [5, 5.41) is 1.75. The van der Waals surface area contributed by atoms with E-state index in [1.54, 1.807) is 35.7 Å². The third kappa shape index (κ3) is 2.58. The summed E-state index contributed by atoms with van der Waals surface area (Å²) >= 11 is 1.21. The minimum atomic E-state index is -3.53. The maximum Gasteiger partial charge on any atom is 0.273 e. The van der Waals surface area contributed by atoms with E-state index in [1.165, 1.54) is 15.6 Å². The lowest BCUT2D eigenvalue weighted by Crippen LogP contribution is -2.30. The van der Waals surface area contributed by atoms with Crippen LogP contribution in [0.5, 0.6) is 11.5 Å². The lowest BCUT2D eigenvalue weighted by molar-refractivity contribution is 0.171. The van der Waals surface area contributed by atoms with E-state index in [0.29, 0.717) is 41.2 Å². The molecule has 0 radical (unpaired) electrons. The van der Waals surface area contributed by atoms with Gasteiger partial charge in [0.2, 0.25) is 0 Å². The SMILES string of the molecule is CCN(c1ccc2c(c1)OCCO2)S(=O)(=O)c1cccs1. The van der Waals surface area contributed by atoms with Gasteiger partial charge in [-0.15, -0.1) is 11.3 Å². The van der Waals surface area contributed by atoms with Crippen molar-refractivity contribution in [2.75, 3.05) is 24.1 Å². The molecule has 2 heterocycles. The molecule has 3 rings (SSSR count). The molecule has 0 aliphatic carbocycles. The largest absolute Gasteiger partial charge is 0.486 e. The van der Waals surface area contributed by atoms with Crippen LogP contribution in [0, 0.1) is 0 Å². The fourth-order valence-corrected chi connectivity index (χ4v) is 4.77. The molecule has 0 fully saturated rings. The number of hydrogen-bond donors (Lipinski definition) is 0. The van der Waals surface area contributed by atoms with Gasteiger partial charge in [-0.2, -0.15) is 0 Å². The molecular weight excluding hydrogens is 310 g/mol. The molecule has 2 aromatic rings. The van der Waals surface area contributed by atoms with E-state index in [-0.39, 0.29) is 0 Å². The van der Waals surface area contributed by atoms with Gasteiger partial charge >= 0.3 is 0 Å². The van der Waals surface area contributed by atoms with Crippen molar-refractivity contribution >= 4 is 27.0 Å². The molecule has 0 atom stereocenters. The number of sulfonamides is 1. The van der Waals surface area contributed by atoms with Gasteiger partial charge in [-0.1, -0.05) is 6.07 Å². The highest BCUT2D eigenvalue weighted by atomic mass is 32.2. The normalized spacial score (nSPS) is 14.0. The van der Waals surface area contributed by atoms with E-state index in [4.69, 9.17) is 9.47 Å². The van der Waals surface area contributed by atoms with E-state index in [1.807, 2.05) is 6.92 Å². The van der Waals surface area contributed by atoms with Crippen molar-refractivity contribution in [2.45, 2.75) is 11.1 Å². The van der Waals surface area contributed by atoms with Crippen molar-refractivity contribution < 1.29 is 17.9 Å². The fraction of sp³-hybridized carbons (Fsp3) is 0.286. The highest BCUT2D eigenvalue weighted by Gasteiger charge is 2.25. The van der Waals surface area contributed by atoms with Crippen LogP contribution in [0.4, 0.5) is 5.69 Å². The highest BCUT2D eigenvalue weighted by Crippen LogP contribution is 2.36. The van der Waals surface area contributed by atoms with Gasteiger partial charge in [-0.25, -0.2) is 8.42 Å². The first-order chi connectivity index (χ1) is 10.1. The molecule has 112 valence electrons. The quantitative estimate of drug-likeness (QED) is 0.867. The highest BCUT2D eigenvalue weighted by molar-refractivity contribution is 7.94. The molecule has 5 nitrogen and oxygen atoms in total. The number of thiophene rings is 1. The van der Waals surface area contributed by atoms with Crippen molar-refractivity contribution in [3.8, 4) is 11.5 Å². The Hall–Kier alpha value is -1.73. The van der Waals surface area contributed by atoms with E-state index < -0.39 is 10.0 Å². The van der Waals surface area contributed by atoms with Crippen LogP contribution in [0.25, 0.3) is 0 Å². The number of ether oxygens (including phenoxy) is 2. The van der Waals surface area contributed by atoms with Crippen LogP contribution in [0.15, 0.2) is 39.9 Å². The smallest absolute Gasteiger partial charge is 0.273 e. The Kier molecular flexibility index (Phi) is 3.77. The van der Waals surface area contributed by atoms with Crippen LogP contribution in [0.3, 0.4) is 0 Å². The maximum atomic E-state index is 12.7. The zero-order valence-corrected chi connectivity index (χ0v) is 13.1. The molecule has 1 aromatic carbocycles. The van der Waals surface area contributed by atoms with Gasteiger partial charge in [0.05, 0.1) is 5.69 Å². The molecule has 0 bridgehead atoms. The van der Waals surface area contributed by atoms with Gasteiger partial charge in [-0.05, 0) is 30.5 Å². The lowest BCUT2D eigenvalue weighted by Gasteiger charge is -2.24. The predicted molar refractivity (Wildman–Crippen MR) is 82.0 cm³/mol. The van der Waals surface area contributed by atoms with Gasteiger partial charge in [0, 0.05) is 12.6 Å². The van der Waals surface area contributed by atoms with Crippen molar-refractivity contribution in [3.05, 3.63) is 35.7 Å². The molecule has 0 unspecified atom stereocenters. The van der Waals surface area contributed by atoms with Gasteiger partial charge in [0.25, 0.3) is 10.0 Å².